The lowest BCUT2D eigenvalue weighted by Gasteiger charge is -2.32. The van der Waals surface area contributed by atoms with E-state index in [4.69, 9.17) is 9.31 Å². The van der Waals surface area contributed by atoms with Gasteiger partial charge in [0.1, 0.15) is 0 Å². The number of carbonyl (C=O) groups is 2. The summed E-state index contributed by atoms with van der Waals surface area (Å²) in [4.78, 5) is 27.2. The van der Waals surface area contributed by atoms with Gasteiger partial charge >= 0.3 is 13.1 Å². The van der Waals surface area contributed by atoms with Gasteiger partial charge < -0.3 is 14.0 Å². The highest BCUT2D eigenvalue weighted by molar-refractivity contribution is 8.13. The second-order valence-corrected chi connectivity index (χ2v) is 8.20. The molecule has 0 amide bonds. The van der Waals surface area contributed by atoms with Crippen molar-refractivity contribution in [3.63, 3.8) is 0 Å². The van der Waals surface area contributed by atoms with Gasteiger partial charge in [0.2, 0.25) is 0 Å². The van der Waals surface area contributed by atoms with Gasteiger partial charge in [-0.1, -0.05) is 11.8 Å². The van der Waals surface area contributed by atoms with Gasteiger partial charge in [-0.3, -0.25) is 9.78 Å². The summed E-state index contributed by atoms with van der Waals surface area (Å²) in [6.07, 6.45) is 3.29. The van der Waals surface area contributed by atoms with E-state index in [1.54, 1.807) is 12.1 Å². The standard InChI is InChI=1S/C18H24BNO5S/c1-12(21)26-11-14(19-24-17(2,3)18(4,5)25-19)9-15-8-7-13(10-20-15)16(22)23-6/h7-10H,11H2,1-6H3. The Bertz CT molecular complexity index is 699. The minimum Gasteiger partial charge on any atom is -0.465 e. The number of aromatic nitrogens is 1. The van der Waals surface area contributed by atoms with Crippen LogP contribution in [0, 0.1) is 0 Å². The Morgan fingerprint density at radius 3 is 2.31 bits per heavy atom. The molecule has 0 radical (unpaired) electrons. The van der Waals surface area contributed by atoms with E-state index < -0.39 is 24.3 Å². The van der Waals surface area contributed by atoms with E-state index in [1.807, 2.05) is 33.8 Å². The van der Waals surface area contributed by atoms with Crippen molar-refractivity contribution in [3.05, 3.63) is 35.1 Å². The Kier molecular flexibility index (Phi) is 6.31. The number of ether oxygens (including phenoxy) is 1. The average molecular weight is 377 g/mol. The number of nitrogens with zero attached hydrogens (tertiary/aromatic N) is 1. The number of rotatable bonds is 5. The molecule has 1 aromatic heterocycles. The van der Waals surface area contributed by atoms with Crippen LogP contribution in [0.5, 0.6) is 0 Å². The van der Waals surface area contributed by atoms with Gasteiger partial charge in [0.25, 0.3) is 0 Å². The summed E-state index contributed by atoms with van der Waals surface area (Å²) in [5, 5.41) is 0.0152. The van der Waals surface area contributed by atoms with E-state index in [2.05, 4.69) is 9.72 Å². The van der Waals surface area contributed by atoms with Gasteiger partial charge in [0.15, 0.2) is 5.12 Å². The fraction of sp³-hybridized carbons (Fsp3) is 0.500. The molecule has 140 valence electrons. The molecule has 2 rings (SSSR count). The van der Waals surface area contributed by atoms with Crippen LogP contribution in [-0.4, -0.2) is 47.3 Å². The highest BCUT2D eigenvalue weighted by Gasteiger charge is 2.52. The third-order valence-corrected chi connectivity index (χ3v) is 5.42. The second-order valence-electron chi connectivity index (χ2n) is 7.05. The maximum absolute atomic E-state index is 11.5. The molecule has 0 bridgehead atoms. The maximum atomic E-state index is 11.5. The molecule has 0 aliphatic carbocycles. The molecule has 2 heterocycles. The fourth-order valence-electron chi connectivity index (χ4n) is 2.28. The van der Waals surface area contributed by atoms with E-state index in [0.29, 0.717) is 17.0 Å². The van der Waals surface area contributed by atoms with Crippen molar-refractivity contribution < 1.29 is 23.6 Å². The third kappa shape index (κ3) is 4.75. The lowest BCUT2D eigenvalue weighted by molar-refractivity contribution is -0.109. The molecule has 0 spiro atoms. The third-order valence-electron chi connectivity index (χ3n) is 4.54. The maximum Gasteiger partial charge on any atom is 0.491 e. The Morgan fingerprint density at radius 2 is 1.85 bits per heavy atom. The topological polar surface area (TPSA) is 74.7 Å². The first-order valence-corrected chi connectivity index (χ1v) is 9.28. The zero-order chi connectivity index (χ0) is 19.5. The minimum absolute atomic E-state index is 0.0152. The van der Waals surface area contributed by atoms with Crippen molar-refractivity contribution in [2.24, 2.45) is 0 Å². The summed E-state index contributed by atoms with van der Waals surface area (Å²) in [6.45, 7) is 9.44. The van der Waals surface area contributed by atoms with Crippen molar-refractivity contribution in [1.82, 2.24) is 4.98 Å². The van der Waals surface area contributed by atoms with Crippen LogP contribution in [0.3, 0.4) is 0 Å². The average Bonchev–Trinajstić information content (AvgIpc) is 2.78. The van der Waals surface area contributed by atoms with Crippen molar-refractivity contribution in [2.75, 3.05) is 12.9 Å². The number of esters is 1. The van der Waals surface area contributed by atoms with E-state index >= 15 is 0 Å². The van der Waals surface area contributed by atoms with Crippen LogP contribution in [0.4, 0.5) is 0 Å². The number of hydrogen-bond donors (Lipinski definition) is 0. The van der Waals surface area contributed by atoms with Crippen LogP contribution in [-0.2, 0) is 18.8 Å². The Morgan fingerprint density at radius 1 is 1.23 bits per heavy atom. The van der Waals surface area contributed by atoms with Crippen molar-refractivity contribution >= 4 is 36.0 Å². The van der Waals surface area contributed by atoms with Crippen LogP contribution in [0.1, 0.15) is 50.7 Å². The molecule has 1 saturated heterocycles. The molecular formula is C18H24BNO5S. The molecule has 26 heavy (non-hydrogen) atoms. The van der Waals surface area contributed by atoms with Crippen LogP contribution < -0.4 is 0 Å². The van der Waals surface area contributed by atoms with E-state index in [1.165, 1.54) is 32.0 Å². The van der Waals surface area contributed by atoms with Crippen molar-refractivity contribution in [1.29, 1.82) is 0 Å². The van der Waals surface area contributed by atoms with Gasteiger partial charge in [-0.25, -0.2) is 4.79 Å². The molecule has 0 N–H and O–H groups in total. The molecular weight excluding hydrogens is 353 g/mol. The van der Waals surface area contributed by atoms with Gasteiger partial charge in [-0.2, -0.15) is 0 Å². The van der Waals surface area contributed by atoms with Gasteiger partial charge in [0.05, 0.1) is 29.6 Å². The molecule has 1 aliphatic heterocycles. The molecule has 0 aromatic carbocycles. The Balaban J connectivity index is 2.28. The SMILES string of the molecule is COC(=O)c1ccc(C=C(CSC(C)=O)B2OC(C)(C)C(C)(C)O2)nc1. The monoisotopic (exact) mass is 377 g/mol. The molecule has 6 nitrogen and oxygen atoms in total. The molecule has 0 atom stereocenters. The summed E-state index contributed by atoms with van der Waals surface area (Å²) in [5.74, 6) is -0.00147. The Hall–Kier alpha value is -1.64. The predicted molar refractivity (Wildman–Crippen MR) is 103 cm³/mol. The number of methoxy groups -OCH3 is 1. The lowest BCUT2D eigenvalue weighted by Crippen LogP contribution is -2.41. The summed E-state index contributed by atoms with van der Waals surface area (Å²) in [7, 11) is 0.764. The summed E-state index contributed by atoms with van der Waals surface area (Å²) in [6, 6.07) is 3.36. The first-order valence-electron chi connectivity index (χ1n) is 8.29. The van der Waals surface area contributed by atoms with Gasteiger partial charge in [-0.05, 0) is 51.4 Å². The lowest BCUT2D eigenvalue weighted by atomic mass is 9.78. The summed E-state index contributed by atoms with van der Waals surface area (Å²) in [5.41, 5.74) is 0.883. The number of pyridine rings is 1. The van der Waals surface area contributed by atoms with Crippen LogP contribution in [0.2, 0.25) is 0 Å². The normalized spacial score (nSPS) is 18.7. The highest BCUT2D eigenvalue weighted by atomic mass is 32.2. The molecule has 1 aliphatic rings. The van der Waals surface area contributed by atoms with E-state index in [0.717, 1.165) is 5.47 Å². The van der Waals surface area contributed by atoms with Crippen molar-refractivity contribution in [3.8, 4) is 0 Å². The van der Waals surface area contributed by atoms with Crippen LogP contribution in [0.25, 0.3) is 6.08 Å². The summed E-state index contributed by atoms with van der Waals surface area (Å²) >= 11 is 1.19. The van der Waals surface area contributed by atoms with E-state index in [-0.39, 0.29) is 5.12 Å². The largest absolute Gasteiger partial charge is 0.491 e. The molecule has 1 fully saturated rings. The van der Waals surface area contributed by atoms with Gasteiger partial charge in [0, 0.05) is 18.9 Å². The first-order chi connectivity index (χ1) is 12.1. The van der Waals surface area contributed by atoms with Gasteiger partial charge in [-0.15, -0.1) is 0 Å². The number of hydrogen-bond acceptors (Lipinski definition) is 7. The van der Waals surface area contributed by atoms with Crippen LogP contribution >= 0.6 is 11.8 Å². The Labute approximate surface area is 158 Å². The zero-order valence-electron chi connectivity index (χ0n) is 16.0. The quantitative estimate of drug-likeness (QED) is 0.576. The molecule has 8 heteroatoms. The molecule has 0 saturated carbocycles. The molecule has 0 unspecified atom stereocenters. The smallest absolute Gasteiger partial charge is 0.465 e. The van der Waals surface area contributed by atoms with E-state index in [9.17, 15) is 9.59 Å². The molecule has 1 aromatic rings. The zero-order valence-corrected chi connectivity index (χ0v) is 16.8. The predicted octanol–water partition coefficient (Wildman–Crippen LogP) is 3.16. The fourth-order valence-corrected chi connectivity index (χ4v) is 2.87. The second kappa shape index (κ2) is 7.94. The first kappa shape index (κ1) is 20.7. The number of carbonyl (C=O) groups excluding carboxylic acids is 2. The summed E-state index contributed by atoms with van der Waals surface area (Å²) < 4.78 is 16.9. The van der Waals surface area contributed by atoms with Crippen LogP contribution in [0.15, 0.2) is 23.8 Å². The van der Waals surface area contributed by atoms with Crippen molar-refractivity contribution in [2.45, 2.75) is 45.8 Å². The highest BCUT2D eigenvalue weighted by Crippen LogP contribution is 2.39. The number of thioether (sulfide) groups is 1. The minimum atomic E-state index is -0.561.